The standard InChI is InChI=1S/C10H10FN3O4S/c1-13(6-2-5-12)19(17,18)10-4-3-8(11)7-9(10)14(15)16/h3-4,7H,2,6H2,1H3. The zero-order chi connectivity index (χ0) is 14.6. The van der Waals surface area contributed by atoms with Crippen molar-refractivity contribution in [2.75, 3.05) is 13.6 Å². The molecule has 0 saturated heterocycles. The second-order valence-electron chi connectivity index (χ2n) is 3.60. The van der Waals surface area contributed by atoms with Crippen LogP contribution in [0, 0.1) is 27.3 Å². The van der Waals surface area contributed by atoms with E-state index in [0.717, 1.165) is 16.4 Å². The average Bonchev–Trinajstić information content (AvgIpc) is 2.35. The molecular formula is C10H10FN3O4S. The topological polar surface area (TPSA) is 104 Å². The van der Waals surface area contributed by atoms with Crippen LogP contribution in [0.25, 0.3) is 0 Å². The Kier molecular flexibility index (Phi) is 4.52. The van der Waals surface area contributed by atoms with Gasteiger partial charge in [0.1, 0.15) is 5.82 Å². The number of nitriles is 1. The molecule has 1 aromatic carbocycles. The second-order valence-corrected chi connectivity index (χ2v) is 5.62. The summed E-state index contributed by atoms with van der Waals surface area (Å²) in [6, 6.07) is 3.99. The number of nitro benzene ring substituents is 1. The summed E-state index contributed by atoms with van der Waals surface area (Å²) >= 11 is 0. The lowest BCUT2D eigenvalue weighted by molar-refractivity contribution is -0.388. The molecule has 0 amide bonds. The fraction of sp³-hybridized carbons (Fsp3) is 0.300. The van der Waals surface area contributed by atoms with Gasteiger partial charge < -0.3 is 0 Å². The normalized spacial score (nSPS) is 11.3. The maximum absolute atomic E-state index is 12.9. The minimum atomic E-state index is -4.13. The Balaban J connectivity index is 3.29. The Morgan fingerprint density at radius 3 is 2.68 bits per heavy atom. The van der Waals surface area contributed by atoms with Gasteiger partial charge in [0.2, 0.25) is 10.0 Å². The molecule has 9 heteroatoms. The van der Waals surface area contributed by atoms with Gasteiger partial charge >= 0.3 is 0 Å². The number of hydrogen-bond donors (Lipinski definition) is 0. The van der Waals surface area contributed by atoms with Crippen LogP contribution in [-0.2, 0) is 10.0 Å². The summed E-state index contributed by atoms with van der Waals surface area (Å²) in [6.45, 7) is -0.104. The first-order valence-electron chi connectivity index (χ1n) is 5.08. The molecule has 0 saturated carbocycles. The lowest BCUT2D eigenvalue weighted by atomic mass is 10.3. The highest BCUT2D eigenvalue weighted by Gasteiger charge is 2.29. The molecule has 0 N–H and O–H groups in total. The SMILES string of the molecule is CN(CCC#N)S(=O)(=O)c1ccc(F)cc1[N+](=O)[O-]. The Morgan fingerprint density at radius 1 is 1.53 bits per heavy atom. The molecule has 0 aliphatic rings. The van der Waals surface area contributed by atoms with Crippen LogP contribution in [0.4, 0.5) is 10.1 Å². The molecule has 7 nitrogen and oxygen atoms in total. The van der Waals surface area contributed by atoms with E-state index >= 15 is 0 Å². The van der Waals surface area contributed by atoms with Crippen molar-refractivity contribution in [1.29, 1.82) is 5.26 Å². The number of halogens is 1. The Hall–Kier alpha value is -2.05. The van der Waals surface area contributed by atoms with Crippen LogP contribution in [-0.4, -0.2) is 31.2 Å². The molecule has 102 valence electrons. The number of hydrogen-bond acceptors (Lipinski definition) is 5. The molecule has 0 aromatic heterocycles. The summed E-state index contributed by atoms with van der Waals surface area (Å²) in [5.74, 6) is -0.898. The van der Waals surface area contributed by atoms with E-state index in [0.29, 0.717) is 6.07 Å². The second kappa shape index (κ2) is 5.73. The lowest BCUT2D eigenvalue weighted by Crippen LogP contribution is -2.28. The third-order valence-electron chi connectivity index (χ3n) is 2.34. The quantitative estimate of drug-likeness (QED) is 0.599. The van der Waals surface area contributed by atoms with Crippen LogP contribution in [0.2, 0.25) is 0 Å². The van der Waals surface area contributed by atoms with Crippen LogP contribution in [0.5, 0.6) is 0 Å². The summed E-state index contributed by atoms with van der Waals surface area (Å²) in [4.78, 5) is 9.20. The molecule has 0 fully saturated rings. The van der Waals surface area contributed by atoms with Gasteiger partial charge in [0.05, 0.1) is 17.1 Å². The molecule has 19 heavy (non-hydrogen) atoms. The van der Waals surface area contributed by atoms with Crippen molar-refractivity contribution in [3.05, 3.63) is 34.1 Å². The van der Waals surface area contributed by atoms with E-state index in [1.807, 2.05) is 0 Å². The summed E-state index contributed by atoms with van der Waals surface area (Å²) in [7, 11) is -2.94. The monoisotopic (exact) mass is 287 g/mol. The molecule has 1 aromatic rings. The van der Waals surface area contributed by atoms with Crippen LogP contribution >= 0.6 is 0 Å². The smallest absolute Gasteiger partial charge is 0.258 e. The minimum Gasteiger partial charge on any atom is -0.258 e. The van der Waals surface area contributed by atoms with E-state index in [1.165, 1.54) is 7.05 Å². The first-order valence-corrected chi connectivity index (χ1v) is 6.52. The lowest BCUT2D eigenvalue weighted by Gasteiger charge is -2.15. The van der Waals surface area contributed by atoms with Crippen molar-refractivity contribution in [1.82, 2.24) is 4.31 Å². The molecule has 0 radical (unpaired) electrons. The molecular weight excluding hydrogens is 277 g/mol. The number of sulfonamides is 1. The molecule has 0 heterocycles. The first-order chi connectivity index (χ1) is 8.80. The van der Waals surface area contributed by atoms with Crippen LogP contribution < -0.4 is 0 Å². The Bertz CT molecular complexity index is 639. The van der Waals surface area contributed by atoms with Gasteiger partial charge in [0.25, 0.3) is 5.69 Å². The fourth-order valence-electron chi connectivity index (χ4n) is 1.35. The van der Waals surface area contributed by atoms with Crippen molar-refractivity contribution in [2.45, 2.75) is 11.3 Å². The van der Waals surface area contributed by atoms with Gasteiger partial charge in [0.15, 0.2) is 4.90 Å². The van der Waals surface area contributed by atoms with Crippen molar-refractivity contribution in [2.24, 2.45) is 0 Å². The van der Waals surface area contributed by atoms with Gasteiger partial charge in [-0.2, -0.15) is 9.57 Å². The third-order valence-corrected chi connectivity index (χ3v) is 4.25. The van der Waals surface area contributed by atoms with Crippen molar-refractivity contribution in [3.63, 3.8) is 0 Å². The van der Waals surface area contributed by atoms with Crippen molar-refractivity contribution >= 4 is 15.7 Å². The number of nitro groups is 1. The Labute approximate surface area is 109 Å². The summed E-state index contributed by atoms with van der Waals surface area (Å²) in [5.41, 5.74) is -0.830. The average molecular weight is 287 g/mol. The highest BCUT2D eigenvalue weighted by molar-refractivity contribution is 7.89. The number of rotatable bonds is 5. The summed E-state index contributed by atoms with van der Waals surface area (Å²) in [6.07, 6.45) is -0.0509. The van der Waals surface area contributed by atoms with Crippen LogP contribution in [0.1, 0.15) is 6.42 Å². The van der Waals surface area contributed by atoms with Crippen LogP contribution in [0.3, 0.4) is 0 Å². The van der Waals surface area contributed by atoms with E-state index in [2.05, 4.69) is 0 Å². The highest BCUT2D eigenvalue weighted by atomic mass is 32.2. The molecule has 0 aliphatic heterocycles. The fourth-order valence-corrected chi connectivity index (χ4v) is 2.65. The van der Waals surface area contributed by atoms with E-state index in [9.17, 15) is 22.9 Å². The molecule has 0 bridgehead atoms. The largest absolute Gasteiger partial charge is 0.292 e. The first kappa shape index (κ1) is 15.0. The summed E-state index contributed by atoms with van der Waals surface area (Å²) in [5, 5.41) is 19.2. The van der Waals surface area contributed by atoms with E-state index in [4.69, 9.17) is 5.26 Å². The van der Waals surface area contributed by atoms with Crippen molar-refractivity contribution < 1.29 is 17.7 Å². The maximum Gasteiger partial charge on any atom is 0.292 e. The van der Waals surface area contributed by atoms with Gasteiger partial charge in [-0.3, -0.25) is 10.1 Å². The zero-order valence-electron chi connectivity index (χ0n) is 9.91. The molecule has 1 rings (SSSR count). The van der Waals surface area contributed by atoms with E-state index in [1.54, 1.807) is 6.07 Å². The van der Waals surface area contributed by atoms with Gasteiger partial charge in [-0.15, -0.1) is 0 Å². The maximum atomic E-state index is 12.9. The number of benzene rings is 1. The van der Waals surface area contributed by atoms with Crippen LogP contribution in [0.15, 0.2) is 23.1 Å². The molecule has 0 atom stereocenters. The zero-order valence-corrected chi connectivity index (χ0v) is 10.7. The molecule has 0 spiro atoms. The minimum absolute atomic E-state index is 0.0509. The van der Waals surface area contributed by atoms with Gasteiger partial charge in [-0.1, -0.05) is 0 Å². The summed E-state index contributed by atoms with van der Waals surface area (Å²) < 4.78 is 37.9. The predicted octanol–water partition coefficient (Wildman–Crippen LogP) is 1.27. The van der Waals surface area contributed by atoms with Gasteiger partial charge in [0, 0.05) is 20.0 Å². The van der Waals surface area contributed by atoms with E-state index in [-0.39, 0.29) is 13.0 Å². The van der Waals surface area contributed by atoms with Gasteiger partial charge in [-0.25, -0.2) is 12.8 Å². The number of nitrogens with zero attached hydrogens (tertiary/aromatic N) is 3. The Morgan fingerprint density at radius 2 is 2.16 bits per heavy atom. The third kappa shape index (κ3) is 3.24. The van der Waals surface area contributed by atoms with E-state index < -0.39 is 31.3 Å². The predicted molar refractivity (Wildman–Crippen MR) is 63.1 cm³/mol. The van der Waals surface area contributed by atoms with Crippen molar-refractivity contribution in [3.8, 4) is 6.07 Å². The molecule has 0 aliphatic carbocycles. The highest BCUT2D eigenvalue weighted by Crippen LogP contribution is 2.26. The molecule has 0 unspecified atom stereocenters. The van der Waals surface area contributed by atoms with Gasteiger partial charge in [-0.05, 0) is 12.1 Å².